The van der Waals surface area contributed by atoms with Gasteiger partial charge in [-0.25, -0.2) is 0 Å². The van der Waals surface area contributed by atoms with E-state index in [9.17, 15) is 9.59 Å². The van der Waals surface area contributed by atoms with Gasteiger partial charge in [0, 0.05) is 25.2 Å². The van der Waals surface area contributed by atoms with Gasteiger partial charge in [0.05, 0.1) is 16.8 Å². The summed E-state index contributed by atoms with van der Waals surface area (Å²) in [5.41, 5.74) is 3.96. The third kappa shape index (κ3) is 4.75. The minimum atomic E-state index is -0.219. The van der Waals surface area contributed by atoms with Gasteiger partial charge in [-0.05, 0) is 60.9 Å². The number of rotatable bonds is 7. The third-order valence-corrected chi connectivity index (χ3v) is 6.42. The first kappa shape index (κ1) is 22.7. The number of anilines is 1. The molecule has 0 unspecified atom stereocenters. The highest BCUT2D eigenvalue weighted by molar-refractivity contribution is 6.01. The summed E-state index contributed by atoms with van der Waals surface area (Å²) in [6.07, 6.45) is 1.49. The van der Waals surface area contributed by atoms with Crippen molar-refractivity contribution >= 4 is 28.3 Å². The summed E-state index contributed by atoms with van der Waals surface area (Å²) in [5.74, 6) is 1.15. The Morgan fingerprint density at radius 2 is 1.83 bits per heavy atom. The first-order valence-corrected chi connectivity index (χ1v) is 11.7. The van der Waals surface area contributed by atoms with Crippen LogP contribution in [0.3, 0.4) is 0 Å². The first-order chi connectivity index (χ1) is 17.0. The maximum absolute atomic E-state index is 13.2. The molecular weight excluding hydrogens is 442 g/mol. The quantitative estimate of drug-likeness (QED) is 0.408. The largest absolute Gasteiger partial charge is 0.488 e. The number of nitrogens with zero attached hydrogens (tertiary/aromatic N) is 2. The van der Waals surface area contributed by atoms with Crippen molar-refractivity contribution in [2.45, 2.75) is 39.8 Å². The average Bonchev–Trinajstić information content (AvgIpc) is 3.45. The molecule has 2 amide bonds. The molecule has 0 spiro atoms. The van der Waals surface area contributed by atoms with Crippen molar-refractivity contribution in [3.63, 3.8) is 0 Å². The van der Waals surface area contributed by atoms with E-state index in [1.165, 1.54) is 0 Å². The molecule has 5 rings (SSSR count). The van der Waals surface area contributed by atoms with Crippen LogP contribution in [-0.4, -0.2) is 23.5 Å². The van der Waals surface area contributed by atoms with Crippen LogP contribution in [0.25, 0.3) is 10.8 Å². The summed E-state index contributed by atoms with van der Waals surface area (Å²) in [6, 6.07) is 19.4. The van der Waals surface area contributed by atoms with Gasteiger partial charge in [-0.2, -0.15) is 0 Å². The van der Waals surface area contributed by atoms with Gasteiger partial charge in [0.25, 0.3) is 5.91 Å². The van der Waals surface area contributed by atoms with E-state index in [1.807, 2.05) is 74.5 Å². The van der Waals surface area contributed by atoms with E-state index in [4.69, 9.17) is 9.26 Å². The third-order valence-electron chi connectivity index (χ3n) is 6.42. The van der Waals surface area contributed by atoms with Gasteiger partial charge in [0.2, 0.25) is 5.91 Å². The highest BCUT2D eigenvalue weighted by Crippen LogP contribution is 2.28. The average molecular weight is 470 g/mol. The van der Waals surface area contributed by atoms with Crippen LogP contribution in [-0.2, 0) is 17.9 Å². The molecule has 0 aliphatic carbocycles. The zero-order valence-electron chi connectivity index (χ0n) is 19.8. The van der Waals surface area contributed by atoms with E-state index < -0.39 is 0 Å². The van der Waals surface area contributed by atoms with E-state index in [1.54, 1.807) is 4.90 Å². The number of aromatic nitrogens is 1. The molecule has 2 heterocycles. The van der Waals surface area contributed by atoms with Crippen molar-refractivity contribution in [2.75, 3.05) is 11.4 Å². The van der Waals surface area contributed by atoms with Gasteiger partial charge in [0.15, 0.2) is 0 Å². The van der Waals surface area contributed by atoms with Crippen molar-refractivity contribution in [1.29, 1.82) is 0 Å². The predicted molar refractivity (Wildman–Crippen MR) is 133 cm³/mol. The van der Waals surface area contributed by atoms with Gasteiger partial charge in [0.1, 0.15) is 18.1 Å². The second-order valence-corrected chi connectivity index (χ2v) is 8.78. The zero-order chi connectivity index (χ0) is 24.4. The number of aryl methyl sites for hydroxylation is 2. The van der Waals surface area contributed by atoms with Crippen LogP contribution in [0.1, 0.15) is 45.8 Å². The number of nitrogens with one attached hydrogen (secondary N) is 1. The molecule has 7 heteroatoms. The number of amides is 2. The molecule has 0 radical (unpaired) electrons. The fraction of sp³-hybridized carbons (Fsp3) is 0.250. The van der Waals surface area contributed by atoms with E-state index in [0.717, 1.165) is 46.2 Å². The van der Waals surface area contributed by atoms with Crippen molar-refractivity contribution in [1.82, 2.24) is 10.5 Å². The Bertz CT molecular complexity index is 1370. The van der Waals surface area contributed by atoms with Gasteiger partial charge in [-0.1, -0.05) is 41.6 Å². The van der Waals surface area contributed by atoms with Gasteiger partial charge < -0.3 is 19.5 Å². The van der Waals surface area contributed by atoms with E-state index in [0.29, 0.717) is 30.0 Å². The van der Waals surface area contributed by atoms with Gasteiger partial charge in [-0.3, -0.25) is 9.59 Å². The molecule has 3 aromatic carbocycles. The number of carbonyl (C=O) groups is 2. The highest BCUT2D eigenvalue weighted by Gasteiger charge is 2.21. The Morgan fingerprint density at radius 1 is 1.09 bits per heavy atom. The number of hydrogen-bond donors (Lipinski definition) is 1. The lowest BCUT2D eigenvalue weighted by atomic mass is 10.0. The predicted octanol–water partition coefficient (Wildman–Crippen LogP) is 5.08. The Kier molecular flexibility index (Phi) is 6.23. The molecule has 7 nitrogen and oxygen atoms in total. The molecule has 178 valence electrons. The Hall–Kier alpha value is -4.13. The lowest BCUT2D eigenvalue weighted by Crippen LogP contribution is -2.24. The summed E-state index contributed by atoms with van der Waals surface area (Å²) >= 11 is 0. The smallest absolute Gasteiger partial charge is 0.255 e. The first-order valence-electron chi connectivity index (χ1n) is 11.7. The topological polar surface area (TPSA) is 84.7 Å². The van der Waals surface area contributed by atoms with Crippen LogP contribution in [0.15, 0.2) is 65.2 Å². The Labute approximate surface area is 203 Å². The van der Waals surface area contributed by atoms with Crippen molar-refractivity contribution < 1.29 is 18.8 Å². The Morgan fingerprint density at radius 3 is 2.49 bits per heavy atom. The zero-order valence-corrected chi connectivity index (χ0v) is 19.8. The summed E-state index contributed by atoms with van der Waals surface area (Å²) in [7, 11) is 0. The van der Waals surface area contributed by atoms with Crippen molar-refractivity contribution in [3.8, 4) is 5.75 Å². The second kappa shape index (κ2) is 9.62. The number of fused-ring (bicyclic) bond motifs is 1. The SMILES string of the molecule is Cc1noc(C)c1COc1cc2ccccc2cc1C(=O)NCc1ccc(N2CCCC2=O)cc1. The van der Waals surface area contributed by atoms with Crippen molar-refractivity contribution in [2.24, 2.45) is 0 Å². The van der Waals surface area contributed by atoms with E-state index in [-0.39, 0.29) is 18.4 Å². The minimum absolute atomic E-state index is 0.159. The maximum Gasteiger partial charge on any atom is 0.255 e. The fourth-order valence-electron chi connectivity index (χ4n) is 4.37. The molecule has 35 heavy (non-hydrogen) atoms. The summed E-state index contributed by atoms with van der Waals surface area (Å²) in [6.45, 7) is 5.10. The molecule has 1 aliphatic heterocycles. The maximum atomic E-state index is 13.2. The van der Waals surface area contributed by atoms with Crippen molar-refractivity contribution in [3.05, 3.63) is 88.8 Å². The molecule has 1 fully saturated rings. The molecule has 0 atom stereocenters. The molecule has 0 saturated carbocycles. The van der Waals surface area contributed by atoms with E-state index >= 15 is 0 Å². The Balaban J connectivity index is 1.33. The van der Waals surface area contributed by atoms with Crippen LogP contribution >= 0.6 is 0 Å². The summed E-state index contributed by atoms with van der Waals surface area (Å²) < 4.78 is 11.3. The monoisotopic (exact) mass is 469 g/mol. The second-order valence-electron chi connectivity index (χ2n) is 8.78. The summed E-state index contributed by atoms with van der Waals surface area (Å²) in [5, 5.41) is 8.93. The van der Waals surface area contributed by atoms with Crippen LogP contribution in [0.5, 0.6) is 5.75 Å². The molecule has 1 N–H and O–H groups in total. The highest BCUT2D eigenvalue weighted by atomic mass is 16.5. The molecule has 1 aliphatic rings. The fourth-order valence-corrected chi connectivity index (χ4v) is 4.37. The molecule has 1 aromatic heterocycles. The molecule has 4 aromatic rings. The van der Waals surface area contributed by atoms with E-state index in [2.05, 4.69) is 10.5 Å². The minimum Gasteiger partial charge on any atom is -0.488 e. The van der Waals surface area contributed by atoms with Gasteiger partial charge >= 0.3 is 0 Å². The van der Waals surface area contributed by atoms with Gasteiger partial charge in [-0.15, -0.1) is 0 Å². The van der Waals surface area contributed by atoms with Crippen LogP contribution in [0, 0.1) is 13.8 Å². The number of ether oxygens (including phenoxy) is 1. The molecule has 0 bridgehead atoms. The lowest BCUT2D eigenvalue weighted by molar-refractivity contribution is -0.117. The summed E-state index contributed by atoms with van der Waals surface area (Å²) in [4.78, 5) is 27.0. The molecular formula is C28H27N3O4. The standard InChI is InChI=1S/C28H27N3O4/c1-18-25(19(2)35-30-18)17-34-26-15-22-7-4-3-6-21(22)14-24(26)28(33)29-16-20-9-11-23(12-10-20)31-13-5-8-27(31)32/h3-4,6-7,9-12,14-15H,5,8,13,16-17H2,1-2H3,(H,29,33). The number of benzene rings is 3. The number of hydrogen-bond acceptors (Lipinski definition) is 5. The number of carbonyl (C=O) groups excluding carboxylic acids is 2. The molecule has 1 saturated heterocycles. The normalized spacial score (nSPS) is 13.4. The lowest BCUT2D eigenvalue weighted by Gasteiger charge is -2.16. The van der Waals surface area contributed by atoms with Crippen LogP contribution in [0.2, 0.25) is 0 Å². The van der Waals surface area contributed by atoms with Crippen LogP contribution < -0.4 is 15.0 Å². The van der Waals surface area contributed by atoms with Crippen LogP contribution in [0.4, 0.5) is 5.69 Å².